The van der Waals surface area contributed by atoms with Crippen molar-refractivity contribution in [2.45, 2.75) is 64.7 Å². The Bertz CT molecular complexity index is 1830. The summed E-state index contributed by atoms with van der Waals surface area (Å²) in [7, 11) is -1.11. The lowest BCUT2D eigenvalue weighted by Crippen LogP contribution is -2.45. The van der Waals surface area contributed by atoms with Gasteiger partial charge in [-0.05, 0) is 43.5 Å². The van der Waals surface area contributed by atoms with E-state index >= 15 is 0 Å². The Morgan fingerprint density at radius 3 is 2.70 bits per heavy atom. The molecule has 1 aromatic carbocycles. The lowest BCUT2D eigenvalue weighted by atomic mass is 9.96. The number of carbonyl (C=O) groups is 1. The fourth-order valence-electron chi connectivity index (χ4n) is 4.74. The van der Waals surface area contributed by atoms with Crippen LogP contribution in [0, 0.1) is 9.25 Å². The molecular formula is C29H35IN7O9P. The quantitative estimate of drug-likeness (QED) is 0.0912. The number of nitrogen functional groups attached to an aromatic ring is 1. The third-order valence-corrected chi connectivity index (χ3v) is 8.80. The van der Waals surface area contributed by atoms with Gasteiger partial charge in [-0.1, -0.05) is 25.5 Å². The number of hydrogen-bond acceptors (Lipinski definition) is 15. The summed E-state index contributed by atoms with van der Waals surface area (Å²) < 4.78 is 33.7. The summed E-state index contributed by atoms with van der Waals surface area (Å²) in [5.41, 5.74) is 5.03. The van der Waals surface area contributed by atoms with Gasteiger partial charge >= 0.3 is 14.1 Å². The highest BCUT2D eigenvalue weighted by Crippen LogP contribution is 2.41. The molecule has 5 rings (SSSR count). The smallest absolute Gasteiger partial charge is 0.395 e. The second-order valence-corrected chi connectivity index (χ2v) is 14.2. The number of esters is 1. The summed E-state index contributed by atoms with van der Waals surface area (Å²) in [5, 5.41) is 23.0. The second kappa shape index (κ2) is 13.6. The number of nitrogens with zero attached hydrogens (tertiary/aromatic N) is 6. The zero-order valence-electron chi connectivity index (χ0n) is 26.4. The van der Waals surface area contributed by atoms with Crippen molar-refractivity contribution in [1.29, 1.82) is 0 Å². The molecule has 16 nitrogen and oxygen atoms in total. The second-order valence-electron chi connectivity index (χ2n) is 12.3. The number of aliphatic hydroxyl groups is 2. The maximum absolute atomic E-state index is 12.5. The predicted octanol–water partition coefficient (Wildman–Crippen LogP) is 2.87. The van der Waals surface area contributed by atoms with Crippen LogP contribution >= 0.6 is 30.8 Å². The van der Waals surface area contributed by atoms with Gasteiger partial charge in [-0.2, -0.15) is 9.97 Å². The minimum atomic E-state index is -2.54. The zero-order valence-corrected chi connectivity index (χ0v) is 29.5. The first-order valence-electron chi connectivity index (χ1n) is 14.4. The molecule has 1 aliphatic heterocycles. The van der Waals surface area contributed by atoms with Crippen molar-refractivity contribution >= 4 is 64.7 Å². The Balaban J connectivity index is 1.25. The number of aromatic nitrogens is 5. The Hall–Kier alpha value is -3.48. The van der Waals surface area contributed by atoms with Crippen molar-refractivity contribution in [3.63, 3.8) is 0 Å². The predicted molar refractivity (Wildman–Crippen MR) is 177 cm³/mol. The number of benzene rings is 1. The third-order valence-electron chi connectivity index (χ3n) is 7.13. The number of nitrogens with two attached hydrogens (primary N) is 1. The lowest BCUT2D eigenvalue weighted by molar-refractivity contribution is -0.169. The van der Waals surface area contributed by atoms with E-state index in [-0.39, 0.29) is 47.7 Å². The highest BCUT2D eigenvalue weighted by Gasteiger charge is 2.54. The SMILES string of the molecule is COc1nc(N)nc2c1nc(I)n2[C@@H]1O[C@H](COc2ccc3cc(O[P+]([O-])=N[C@@H](C)C(=O)OCC(C)(C)C)ccc3n2)[C@@H](O)[C@@]1(C)O. The van der Waals surface area contributed by atoms with Gasteiger partial charge in [-0.25, -0.2) is 14.8 Å². The lowest BCUT2D eigenvalue weighted by Gasteiger charge is -2.27. The molecule has 1 aliphatic rings. The van der Waals surface area contributed by atoms with Crippen molar-refractivity contribution in [2.24, 2.45) is 10.2 Å². The van der Waals surface area contributed by atoms with Gasteiger partial charge in [-0.3, -0.25) is 9.09 Å². The highest BCUT2D eigenvalue weighted by molar-refractivity contribution is 14.1. The molecule has 0 saturated carbocycles. The van der Waals surface area contributed by atoms with Crippen molar-refractivity contribution in [2.75, 3.05) is 26.1 Å². The molecule has 0 amide bonds. The van der Waals surface area contributed by atoms with E-state index in [0.29, 0.717) is 20.3 Å². The summed E-state index contributed by atoms with van der Waals surface area (Å²) in [6.07, 6.45) is -3.40. The molecule has 252 valence electrons. The molecule has 0 radical (unpaired) electrons. The summed E-state index contributed by atoms with van der Waals surface area (Å²) in [4.78, 5) is 41.9. The number of aliphatic hydroxyl groups excluding tert-OH is 1. The number of anilines is 1. The van der Waals surface area contributed by atoms with Crippen molar-refractivity contribution in [1.82, 2.24) is 24.5 Å². The number of rotatable bonds is 10. The molecule has 1 fully saturated rings. The summed E-state index contributed by atoms with van der Waals surface area (Å²) in [6, 6.07) is 7.23. The molecule has 0 spiro atoms. The Morgan fingerprint density at radius 2 is 2.00 bits per heavy atom. The monoisotopic (exact) mass is 783 g/mol. The fourth-order valence-corrected chi connectivity index (χ4v) is 6.18. The molecule has 18 heteroatoms. The molecule has 4 N–H and O–H groups in total. The average Bonchev–Trinajstić information content (AvgIpc) is 3.44. The number of fused-ring (bicyclic) bond motifs is 2. The molecule has 4 heterocycles. The van der Waals surface area contributed by atoms with Crippen LogP contribution in [-0.2, 0) is 14.3 Å². The Labute approximate surface area is 284 Å². The van der Waals surface area contributed by atoms with Crippen LogP contribution in [0.2, 0.25) is 0 Å². The van der Waals surface area contributed by atoms with E-state index in [1.54, 1.807) is 30.3 Å². The fraction of sp³-hybridized carbons (Fsp3) is 0.483. The molecule has 3 aromatic heterocycles. The van der Waals surface area contributed by atoms with Gasteiger partial charge in [0, 0.05) is 34.0 Å². The van der Waals surface area contributed by atoms with Gasteiger partial charge in [0.1, 0.15) is 24.4 Å². The summed E-state index contributed by atoms with van der Waals surface area (Å²) >= 11 is 1.96. The number of carbonyl (C=O) groups excluding carboxylic acids is 1. The first kappa shape index (κ1) is 34.8. The van der Waals surface area contributed by atoms with E-state index in [1.165, 1.54) is 25.5 Å². The van der Waals surface area contributed by atoms with Crippen LogP contribution in [0.3, 0.4) is 0 Å². The number of methoxy groups -OCH3 is 1. The number of hydrogen-bond donors (Lipinski definition) is 3. The van der Waals surface area contributed by atoms with Gasteiger partial charge in [0.2, 0.25) is 17.7 Å². The zero-order chi connectivity index (χ0) is 34.3. The third kappa shape index (κ3) is 7.65. The first-order chi connectivity index (χ1) is 22.1. The van der Waals surface area contributed by atoms with Crippen LogP contribution in [0.15, 0.2) is 35.1 Å². The first-order valence-corrected chi connectivity index (χ1v) is 16.7. The normalized spacial score (nSPS) is 22.4. The molecule has 1 saturated heterocycles. The summed E-state index contributed by atoms with van der Waals surface area (Å²) in [6.45, 7) is 8.81. The molecule has 1 unspecified atom stereocenters. The molecule has 6 atom stereocenters. The van der Waals surface area contributed by atoms with E-state index in [4.69, 9.17) is 29.2 Å². The average molecular weight is 784 g/mol. The minimum absolute atomic E-state index is 0.0573. The number of ether oxygens (including phenoxy) is 4. The molecule has 4 aromatic rings. The topological polar surface area (TPSA) is 222 Å². The van der Waals surface area contributed by atoms with Crippen LogP contribution in [0.25, 0.3) is 22.1 Å². The molecular weight excluding hydrogens is 748 g/mol. The number of halogens is 1. The van der Waals surface area contributed by atoms with Gasteiger partial charge in [0.25, 0.3) is 0 Å². The molecule has 0 aliphatic carbocycles. The van der Waals surface area contributed by atoms with Crippen molar-refractivity contribution in [3.05, 3.63) is 34.2 Å². The van der Waals surface area contributed by atoms with Gasteiger partial charge < -0.3 is 39.8 Å². The standard InChI is InChI=1S/C29H35IN7O9P/c1-14(24(39)44-13-28(2,3)4)36-47(41)46-16-8-9-17-15(11-16)7-10-19(32-17)43-12-18-21(38)29(5,40)25(45-18)37-22-20(33-26(37)30)23(42-6)35-27(31)34-22/h7-11,14,18,21,25,38,40H,12-13H2,1-6H3,(H2,31,34,35)/t14-,18+,21+,25+,29+/m0/s1. The van der Waals surface area contributed by atoms with Crippen LogP contribution in [0.5, 0.6) is 17.5 Å². The number of imidazole rings is 1. The maximum Gasteiger partial charge on any atom is 0.395 e. The Morgan fingerprint density at radius 1 is 1.26 bits per heavy atom. The summed E-state index contributed by atoms with van der Waals surface area (Å²) in [5.74, 6) is 0.0346. The van der Waals surface area contributed by atoms with E-state index in [1.807, 2.05) is 43.4 Å². The van der Waals surface area contributed by atoms with Gasteiger partial charge in [0.15, 0.2) is 33.0 Å². The Kier molecular flexibility index (Phi) is 10.1. The van der Waals surface area contributed by atoms with E-state index in [9.17, 15) is 19.9 Å². The molecule has 0 bridgehead atoms. The van der Waals surface area contributed by atoms with Crippen molar-refractivity contribution in [3.8, 4) is 17.5 Å². The highest BCUT2D eigenvalue weighted by atomic mass is 127. The van der Waals surface area contributed by atoms with Crippen LogP contribution in [0.4, 0.5) is 5.95 Å². The largest absolute Gasteiger partial charge is 0.575 e. The number of pyridine rings is 1. The van der Waals surface area contributed by atoms with E-state index in [0.717, 1.165) is 0 Å². The minimum Gasteiger partial charge on any atom is -0.575 e. The van der Waals surface area contributed by atoms with Crippen LogP contribution in [0.1, 0.15) is 40.8 Å². The van der Waals surface area contributed by atoms with E-state index < -0.39 is 44.2 Å². The van der Waals surface area contributed by atoms with Crippen LogP contribution < -0.4 is 24.6 Å². The van der Waals surface area contributed by atoms with Crippen molar-refractivity contribution < 1.29 is 43.4 Å². The molecule has 47 heavy (non-hydrogen) atoms. The van der Waals surface area contributed by atoms with Crippen LogP contribution in [-0.4, -0.2) is 84.9 Å². The van der Waals surface area contributed by atoms with Gasteiger partial charge in [0.05, 0.1) is 19.2 Å². The van der Waals surface area contributed by atoms with E-state index in [2.05, 4.69) is 24.7 Å². The van der Waals surface area contributed by atoms with Gasteiger partial charge in [-0.15, -0.1) is 0 Å². The maximum atomic E-state index is 12.5.